The highest BCUT2D eigenvalue weighted by molar-refractivity contribution is 8.00. The van der Waals surface area contributed by atoms with Crippen LogP contribution in [0, 0.1) is 0 Å². The minimum Gasteiger partial charge on any atom is -0.340 e. The summed E-state index contributed by atoms with van der Waals surface area (Å²) >= 11 is 2.00. The zero-order valence-electron chi connectivity index (χ0n) is 12.8. The largest absolute Gasteiger partial charge is 0.340 e. The van der Waals surface area contributed by atoms with Gasteiger partial charge in [-0.3, -0.25) is 4.79 Å². The molecule has 1 N–H and O–H groups in total. The third-order valence-electron chi connectivity index (χ3n) is 4.58. The van der Waals surface area contributed by atoms with E-state index in [9.17, 15) is 4.79 Å². The second-order valence-electron chi connectivity index (χ2n) is 5.93. The van der Waals surface area contributed by atoms with E-state index in [2.05, 4.69) is 27.9 Å². The predicted molar refractivity (Wildman–Crippen MR) is 88.0 cm³/mol. The number of hydrogen-bond acceptors (Lipinski definition) is 3. The molecule has 0 radical (unpaired) electrons. The van der Waals surface area contributed by atoms with Gasteiger partial charge in [0.05, 0.1) is 0 Å². The van der Waals surface area contributed by atoms with Crippen LogP contribution in [0.2, 0.25) is 0 Å². The van der Waals surface area contributed by atoms with Crippen LogP contribution in [0.3, 0.4) is 0 Å². The molecule has 3 rings (SSSR count). The Balaban J connectivity index is 1.74. The Hall–Kier alpha value is -0.940. The Labute approximate surface area is 131 Å². The first-order valence-electron chi connectivity index (χ1n) is 8.08. The average Bonchev–Trinajstić information content (AvgIpc) is 3.04. The first kappa shape index (κ1) is 15.0. The summed E-state index contributed by atoms with van der Waals surface area (Å²) in [6, 6.07) is 4.49. The molecular formula is C16H25N3OS. The van der Waals surface area contributed by atoms with Gasteiger partial charge in [0, 0.05) is 36.3 Å². The van der Waals surface area contributed by atoms with Gasteiger partial charge in [-0.05, 0) is 44.5 Å². The molecule has 1 aromatic heterocycles. The molecule has 5 heteroatoms. The maximum atomic E-state index is 12.9. The summed E-state index contributed by atoms with van der Waals surface area (Å²) in [5.74, 6) is 1.29. The van der Waals surface area contributed by atoms with Gasteiger partial charge in [-0.2, -0.15) is 11.8 Å². The van der Waals surface area contributed by atoms with E-state index in [4.69, 9.17) is 0 Å². The SMILES string of the molecule is CCC1CN(C(=O)c2cccn2C2CCNCC2)CCS1. The first-order valence-corrected chi connectivity index (χ1v) is 9.13. The minimum absolute atomic E-state index is 0.220. The Bertz CT molecular complexity index is 482. The molecule has 1 amide bonds. The van der Waals surface area contributed by atoms with Crippen LogP contribution in [-0.4, -0.2) is 52.6 Å². The molecule has 1 atom stereocenters. The molecule has 0 bridgehead atoms. The first-order chi connectivity index (χ1) is 10.3. The molecule has 0 aromatic carbocycles. The fourth-order valence-electron chi connectivity index (χ4n) is 3.29. The topological polar surface area (TPSA) is 37.3 Å². The highest BCUT2D eigenvalue weighted by Crippen LogP contribution is 2.25. The lowest BCUT2D eigenvalue weighted by atomic mass is 10.1. The number of amides is 1. The number of hydrogen-bond donors (Lipinski definition) is 1. The molecule has 2 aliphatic rings. The van der Waals surface area contributed by atoms with Crippen molar-refractivity contribution < 1.29 is 4.79 Å². The van der Waals surface area contributed by atoms with E-state index >= 15 is 0 Å². The normalized spacial score (nSPS) is 24.2. The van der Waals surface area contributed by atoms with Gasteiger partial charge in [0.15, 0.2) is 0 Å². The van der Waals surface area contributed by atoms with E-state index in [0.717, 1.165) is 56.9 Å². The fraction of sp³-hybridized carbons (Fsp3) is 0.688. The van der Waals surface area contributed by atoms with Crippen LogP contribution in [0.1, 0.15) is 42.7 Å². The Morgan fingerprint density at radius 3 is 3.00 bits per heavy atom. The van der Waals surface area contributed by atoms with Crippen molar-refractivity contribution in [1.29, 1.82) is 0 Å². The minimum atomic E-state index is 0.220. The Morgan fingerprint density at radius 2 is 2.24 bits per heavy atom. The molecule has 116 valence electrons. The summed E-state index contributed by atoms with van der Waals surface area (Å²) < 4.78 is 2.21. The molecular weight excluding hydrogens is 282 g/mol. The zero-order chi connectivity index (χ0) is 14.7. The van der Waals surface area contributed by atoms with Crippen molar-refractivity contribution in [3.63, 3.8) is 0 Å². The van der Waals surface area contributed by atoms with Gasteiger partial charge in [-0.25, -0.2) is 0 Å². The molecule has 2 saturated heterocycles. The van der Waals surface area contributed by atoms with Crippen LogP contribution in [0.4, 0.5) is 0 Å². The molecule has 4 nitrogen and oxygen atoms in total. The maximum Gasteiger partial charge on any atom is 0.270 e. The lowest BCUT2D eigenvalue weighted by Gasteiger charge is -2.33. The second-order valence-corrected chi connectivity index (χ2v) is 7.34. The summed E-state index contributed by atoms with van der Waals surface area (Å²) in [6.45, 7) is 6.10. The van der Waals surface area contributed by atoms with Crippen LogP contribution in [-0.2, 0) is 0 Å². The highest BCUT2D eigenvalue weighted by Gasteiger charge is 2.27. The quantitative estimate of drug-likeness (QED) is 0.931. The Kier molecular flexibility index (Phi) is 4.91. The molecule has 0 saturated carbocycles. The molecule has 21 heavy (non-hydrogen) atoms. The van der Waals surface area contributed by atoms with Crippen LogP contribution < -0.4 is 5.32 Å². The van der Waals surface area contributed by atoms with Crippen molar-refractivity contribution in [3.05, 3.63) is 24.0 Å². The number of rotatable bonds is 3. The fourth-order valence-corrected chi connectivity index (χ4v) is 4.47. The summed E-state index contributed by atoms with van der Waals surface area (Å²) in [4.78, 5) is 14.9. The van der Waals surface area contributed by atoms with E-state index in [1.165, 1.54) is 0 Å². The zero-order valence-corrected chi connectivity index (χ0v) is 13.6. The van der Waals surface area contributed by atoms with E-state index in [1.807, 2.05) is 23.9 Å². The highest BCUT2D eigenvalue weighted by atomic mass is 32.2. The van der Waals surface area contributed by atoms with Gasteiger partial charge in [-0.1, -0.05) is 6.92 Å². The third-order valence-corrected chi connectivity index (χ3v) is 5.95. The van der Waals surface area contributed by atoms with Crippen molar-refractivity contribution in [2.75, 3.05) is 31.9 Å². The van der Waals surface area contributed by atoms with Crippen LogP contribution in [0.25, 0.3) is 0 Å². The molecule has 0 spiro atoms. The van der Waals surface area contributed by atoms with Gasteiger partial charge in [0.25, 0.3) is 5.91 Å². The summed E-state index contributed by atoms with van der Waals surface area (Å²) in [6.07, 6.45) is 5.45. The number of nitrogens with zero attached hydrogens (tertiary/aromatic N) is 2. The molecule has 2 aliphatic heterocycles. The van der Waals surface area contributed by atoms with E-state index in [1.54, 1.807) is 0 Å². The number of nitrogens with one attached hydrogen (secondary N) is 1. The van der Waals surface area contributed by atoms with Gasteiger partial charge < -0.3 is 14.8 Å². The molecule has 0 aliphatic carbocycles. The Morgan fingerprint density at radius 1 is 1.43 bits per heavy atom. The predicted octanol–water partition coefficient (Wildman–Crippen LogP) is 2.38. The van der Waals surface area contributed by atoms with Gasteiger partial charge in [0.2, 0.25) is 0 Å². The number of carbonyl (C=O) groups is 1. The van der Waals surface area contributed by atoms with E-state index < -0.39 is 0 Å². The van der Waals surface area contributed by atoms with Gasteiger partial charge >= 0.3 is 0 Å². The summed E-state index contributed by atoms with van der Waals surface area (Å²) in [5.41, 5.74) is 0.878. The van der Waals surface area contributed by atoms with Gasteiger partial charge in [0.1, 0.15) is 5.69 Å². The van der Waals surface area contributed by atoms with Crippen LogP contribution >= 0.6 is 11.8 Å². The monoisotopic (exact) mass is 307 g/mol. The van der Waals surface area contributed by atoms with Crippen molar-refractivity contribution in [2.24, 2.45) is 0 Å². The molecule has 3 heterocycles. The number of aromatic nitrogens is 1. The second kappa shape index (κ2) is 6.88. The molecule has 1 aromatic rings. The van der Waals surface area contributed by atoms with Crippen molar-refractivity contribution in [2.45, 2.75) is 37.5 Å². The molecule has 1 unspecified atom stereocenters. The van der Waals surface area contributed by atoms with Crippen molar-refractivity contribution in [1.82, 2.24) is 14.8 Å². The van der Waals surface area contributed by atoms with E-state index in [0.29, 0.717) is 11.3 Å². The number of carbonyl (C=O) groups excluding carboxylic acids is 1. The van der Waals surface area contributed by atoms with Crippen molar-refractivity contribution >= 4 is 17.7 Å². The number of piperidine rings is 1. The van der Waals surface area contributed by atoms with Crippen LogP contribution in [0.15, 0.2) is 18.3 Å². The summed E-state index contributed by atoms with van der Waals surface area (Å²) in [7, 11) is 0. The lowest BCUT2D eigenvalue weighted by molar-refractivity contribution is 0.0746. The van der Waals surface area contributed by atoms with Gasteiger partial charge in [-0.15, -0.1) is 0 Å². The summed E-state index contributed by atoms with van der Waals surface area (Å²) in [5, 5.41) is 3.99. The van der Waals surface area contributed by atoms with E-state index in [-0.39, 0.29) is 5.91 Å². The smallest absolute Gasteiger partial charge is 0.270 e. The number of thioether (sulfide) groups is 1. The van der Waals surface area contributed by atoms with Crippen molar-refractivity contribution in [3.8, 4) is 0 Å². The lowest BCUT2D eigenvalue weighted by Crippen LogP contribution is -2.43. The van der Waals surface area contributed by atoms with Crippen LogP contribution in [0.5, 0.6) is 0 Å². The standard InChI is InChI=1S/C16H25N3OS/c1-2-14-12-18(10-11-21-14)16(20)15-4-3-9-19(15)13-5-7-17-8-6-13/h3-4,9,13-14,17H,2,5-8,10-12H2,1H3. The molecule has 2 fully saturated rings. The third kappa shape index (κ3) is 3.29. The maximum absolute atomic E-state index is 12.9. The average molecular weight is 307 g/mol.